The Hall–Kier alpha value is -1.55. The van der Waals surface area contributed by atoms with Gasteiger partial charge in [0.05, 0.1) is 7.11 Å². The predicted octanol–water partition coefficient (Wildman–Crippen LogP) is 1.39. The molecule has 2 rings (SSSR count). The predicted molar refractivity (Wildman–Crippen MR) is 70.2 cm³/mol. The van der Waals surface area contributed by atoms with Crippen LogP contribution in [0.5, 0.6) is 5.75 Å². The van der Waals surface area contributed by atoms with E-state index in [0.29, 0.717) is 0 Å². The fourth-order valence-corrected chi connectivity index (χ4v) is 2.36. The maximum atomic E-state index is 11.1. The van der Waals surface area contributed by atoms with Crippen LogP contribution >= 0.6 is 0 Å². The topological polar surface area (TPSA) is 55.6 Å². The molecular weight excluding hydrogens is 228 g/mol. The second-order valence-corrected chi connectivity index (χ2v) is 4.80. The molecule has 1 fully saturated rings. The monoisotopic (exact) mass is 248 g/mol. The Morgan fingerprint density at radius 1 is 1.33 bits per heavy atom. The number of nitrogens with two attached hydrogens (primary N) is 1. The van der Waals surface area contributed by atoms with E-state index in [9.17, 15) is 4.79 Å². The number of carbonyl (C=O) groups is 1. The third-order valence-electron chi connectivity index (χ3n) is 3.56. The van der Waals surface area contributed by atoms with E-state index in [1.807, 2.05) is 12.1 Å². The summed E-state index contributed by atoms with van der Waals surface area (Å²) in [6.45, 7) is 2.81. The highest BCUT2D eigenvalue weighted by atomic mass is 16.5. The van der Waals surface area contributed by atoms with Gasteiger partial charge in [0.1, 0.15) is 5.75 Å². The summed E-state index contributed by atoms with van der Waals surface area (Å²) in [4.78, 5) is 13.4. The van der Waals surface area contributed by atoms with Gasteiger partial charge in [0.2, 0.25) is 5.91 Å². The van der Waals surface area contributed by atoms with Crippen LogP contribution in [0, 0.1) is 5.92 Å². The summed E-state index contributed by atoms with van der Waals surface area (Å²) in [6, 6.07) is 8.12. The Labute approximate surface area is 108 Å². The number of nitrogens with zero attached hydrogens (tertiary/aromatic N) is 1. The third kappa shape index (κ3) is 3.23. The quantitative estimate of drug-likeness (QED) is 0.876. The Morgan fingerprint density at radius 2 is 1.94 bits per heavy atom. The second kappa shape index (κ2) is 5.87. The minimum Gasteiger partial charge on any atom is -0.497 e. The van der Waals surface area contributed by atoms with Crippen molar-refractivity contribution in [3.8, 4) is 5.75 Å². The van der Waals surface area contributed by atoms with Crippen molar-refractivity contribution in [2.24, 2.45) is 11.7 Å². The number of hydrogen-bond donors (Lipinski definition) is 1. The SMILES string of the molecule is COc1ccc(CN2CCC(C(N)=O)CC2)cc1. The van der Waals surface area contributed by atoms with Gasteiger partial charge in [-0.2, -0.15) is 0 Å². The minimum atomic E-state index is -0.154. The number of hydrogen-bond acceptors (Lipinski definition) is 3. The van der Waals surface area contributed by atoms with Crippen molar-refractivity contribution in [1.82, 2.24) is 4.90 Å². The van der Waals surface area contributed by atoms with Crippen molar-refractivity contribution in [2.75, 3.05) is 20.2 Å². The van der Waals surface area contributed by atoms with Crippen LogP contribution in [0.15, 0.2) is 24.3 Å². The first-order chi connectivity index (χ1) is 8.69. The Bertz CT molecular complexity index is 395. The highest BCUT2D eigenvalue weighted by Crippen LogP contribution is 2.19. The summed E-state index contributed by atoms with van der Waals surface area (Å²) in [7, 11) is 1.67. The van der Waals surface area contributed by atoms with Crippen molar-refractivity contribution in [3.63, 3.8) is 0 Å². The molecule has 0 aromatic heterocycles. The summed E-state index contributed by atoms with van der Waals surface area (Å²) < 4.78 is 5.13. The molecule has 0 radical (unpaired) electrons. The Morgan fingerprint density at radius 3 is 2.44 bits per heavy atom. The number of likely N-dealkylation sites (tertiary alicyclic amines) is 1. The van der Waals surface area contributed by atoms with Gasteiger partial charge in [-0.15, -0.1) is 0 Å². The number of carbonyl (C=O) groups excluding carboxylic acids is 1. The molecule has 0 aliphatic carbocycles. The summed E-state index contributed by atoms with van der Waals surface area (Å²) in [6.07, 6.45) is 1.76. The van der Waals surface area contributed by atoms with Crippen LogP contribution in [0.3, 0.4) is 0 Å². The van der Waals surface area contributed by atoms with Crippen LogP contribution in [0.4, 0.5) is 0 Å². The Kier molecular flexibility index (Phi) is 4.20. The molecule has 2 N–H and O–H groups in total. The van der Waals surface area contributed by atoms with E-state index >= 15 is 0 Å². The zero-order valence-corrected chi connectivity index (χ0v) is 10.8. The lowest BCUT2D eigenvalue weighted by atomic mass is 9.96. The fourth-order valence-electron chi connectivity index (χ4n) is 2.36. The molecule has 0 spiro atoms. The number of ether oxygens (including phenoxy) is 1. The van der Waals surface area contributed by atoms with Crippen LogP contribution in [0.25, 0.3) is 0 Å². The Balaban J connectivity index is 1.85. The van der Waals surface area contributed by atoms with E-state index in [4.69, 9.17) is 10.5 Å². The molecule has 1 aliphatic rings. The van der Waals surface area contributed by atoms with Crippen molar-refractivity contribution < 1.29 is 9.53 Å². The smallest absolute Gasteiger partial charge is 0.220 e. The van der Waals surface area contributed by atoms with E-state index in [1.165, 1.54) is 5.56 Å². The third-order valence-corrected chi connectivity index (χ3v) is 3.56. The summed E-state index contributed by atoms with van der Waals surface area (Å²) in [5.74, 6) is 0.794. The van der Waals surface area contributed by atoms with Crippen LogP contribution in [0.1, 0.15) is 18.4 Å². The van der Waals surface area contributed by atoms with Crippen LogP contribution in [-0.4, -0.2) is 31.0 Å². The van der Waals surface area contributed by atoms with Crippen LogP contribution in [-0.2, 0) is 11.3 Å². The van der Waals surface area contributed by atoms with Gasteiger partial charge >= 0.3 is 0 Å². The minimum absolute atomic E-state index is 0.0668. The molecule has 1 heterocycles. The molecule has 4 nitrogen and oxygen atoms in total. The van der Waals surface area contributed by atoms with E-state index in [1.54, 1.807) is 7.11 Å². The lowest BCUT2D eigenvalue weighted by Gasteiger charge is -2.30. The number of piperidine rings is 1. The van der Waals surface area contributed by atoms with Crippen molar-refractivity contribution in [3.05, 3.63) is 29.8 Å². The van der Waals surface area contributed by atoms with Gasteiger partial charge in [-0.1, -0.05) is 12.1 Å². The maximum Gasteiger partial charge on any atom is 0.220 e. The molecule has 4 heteroatoms. The van der Waals surface area contributed by atoms with Gasteiger partial charge in [0, 0.05) is 12.5 Å². The molecule has 0 bridgehead atoms. The summed E-state index contributed by atoms with van der Waals surface area (Å²) in [5, 5.41) is 0. The van der Waals surface area contributed by atoms with Crippen molar-refractivity contribution >= 4 is 5.91 Å². The van der Waals surface area contributed by atoms with E-state index in [0.717, 1.165) is 38.2 Å². The van der Waals surface area contributed by atoms with E-state index in [-0.39, 0.29) is 11.8 Å². The van der Waals surface area contributed by atoms with Crippen molar-refractivity contribution in [1.29, 1.82) is 0 Å². The van der Waals surface area contributed by atoms with Crippen LogP contribution in [0.2, 0.25) is 0 Å². The molecule has 1 aromatic rings. The largest absolute Gasteiger partial charge is 0.497 e. The van der Waals surface area contributed by atoms with Gasteiger partial charge in [-0.25, -0.2) is 0 Å². The zero-order chi connectivity index (χ0) is 13.0. The summed E-state index contributed by atoms with van der Waals surface area (Å²) >= 11 is 0. The van der Waals surface area contributed by atoms with Crippen molar-refractivity contribution in [2.45, 2.75) is 19.4 Å². The second-order valence-electron chi connectivity index (χ2n) is 4.80. The first-order valence-electron chi connectivity index (χ1n) is 6.33. The molecule has 98 valence electrons. The zero-order valence-electron chi connectivity index (χ0n) is 10.8. The number of primary amides is 1. The van der Waals surface area contributed by atoms with E-state index in [2.05, 4.69) is 17.0 Å². The lowest BCUT2D eigenvalue weighted by Crippen LogP contribution is -2.38. The number of amides is 1. The molecule has 1 saturated heterocycles. The average Bonchev–Trinajstić information content (AvgIpc) is 2.40. The molecule has 18 heavy (non-hydrogen) atoms. The lowest BCUT2D eigenvalue weighted by molar-refractivity contribution is -0.123. The first kappa shape index (κ1) is 12.9. The molecule has 1 aliphatic heterocycles. The highest BCUT2D eigenvalue weighted by molar-refractivity contribution is 5.76. The maximum absolute atomic E-state index is 11.1. The first-order valence-corrected chi connectivity index (χ1v) is 6.33. The normalized spacial score (nSPS) is 17.6. The summed E-state index contributed by atoms with van der Waals surface area (Å²) in [5.41, 5.74) is 6.60. The number of benzene rings is 1. The highest BCUT2D eigenvalue weighted by Gasteiger charge is 2.22. The molecular formula is C14H20N2O2. The van der Waals surface area contributed by atoms with E-state index < -0.39 is 0 Å². The molecule has 0 atom stereocenters. The van der Waals surface area contributed by atoms with Gasteiger partial charge in [0.15, 0.2) is 0 Å². The molecule has 1 aromatic carbocycles. The van der Waals surface area contributed by atoms with Crippen LogP contribution < -0.4 is 10.5 Å². The van der Waals surface area contributed by atoms with Gasteiger partial charge in [-0.05, 0) is 43.6 Å². The van der Waals surface area contributed by atoms with Gasteiger partial charge in [-0.3, -0.25) is 9.69 Å². The molecule has 1 amide bonds. The van der Waals surface area contributed by atoms with Gasteiger partial charge < -0.3 is 10.5 Å². The number of methoxy groups -OCH3 is 1. The standard InChI is InChI=1S/C14H20N2O2/c1-18-13-4-2-11(3-5-13)10-16-8-6-12(7-9-16)14(15)17/h2-5,12H,6-10H2,1H3,(H2,15,17). The number of rotatable bonds is 4. The fraction of sp³-hybridized carbons (Fsp3) is 0.500. The average molecular weight is 248 g/mol. The van der Waals surface area contributed by atoms with Gasteiger partial charge in [0.25, 0.3) is 0 Å². The molecule has 0 saturated carbocycles. The molecule has 0 unspecified atom stereocenters.